The summed E-state index contributed by atoms with van der Waals surface area (Å²) >= 11 is 5.97. The van der Waals surface area contributed by atoms with Gasteiger partial charge in [-0.25, -0.2) is 8.42 Å². The number of hydrogen-bond acceptors (Lipinski definition) is 6. The minimum Gasteiger partial charge on any atom is -0.379 e. The number of amides is 1. The molecule has 11 heteroatoms. The standard InChI is InChI=1S/C17H16ClN3O6S/c18-15-6-3-13(21(23)24)11-16(15)19-17(22)12-1-4-14(5-2-12)28(25,26)20-7-9-27-10-8-20/h1-6,11H,7-10H2,(H,19,22). The van der Waals surface area contributed by atoms with Crippen LogP contribution in [0.5, 0.6) is 0 Å². The number of sulfonamides is 1. The molecule has 0 saturated carbocycles. The van der Waals surface area contributed by atoms with Crippen molar-refractivity contribution in [3.8, 4) is 0 Å². The summed E-state index contributed by atoms with van der Waals surface area (Å²) in [7, 11) is -3.66. The van der Waals surface area contributed by atoms with Gasteiger partial charge in [0.05, 0.1) is 33.7 Å². The smallest absolute Gasteiger partial charge is 0.271 e. The molecule has 1 fully saturated rings. The number of nitro groups is 1. The average molecular weight is 426 g/mol. The summed E-state index contributed by atoms with van der Waals surface area (Å²) in [4.78, 5) is 22.7. The number of hydrogen-bond donors (Lipinski definition) is 1. The van der Waals surface area contributed by atoms with E-state index in [-0.39, 0.29) is 39.9 Å². The Morgan fingerprint density at radius 1 is 1.14 bits per heavy atom. The molecule has 1 aliphatic heterocycles. The molecule has 0 aliphatic carbocycles. The van der Waals surface area contributed by atoms with Crippen LogP contribution in [-0.4, -0.2) is 49.9 Å². The number of non-ortho nitro benzene ring substituents is 1. The third-order valence-corrected chi connectivity index (χ3v) is 6.38. The molecule has 28 heavy (non-hydrogen) atoms. The van der Waals surface area contributed by atoms with E-state index < -0.39 is 20.9 Å². The molecule has 2 aromatic rings. The minimum atomic E-state index is -3.66. The van der Waals surface area contributed by atoms with E-state index >= 15 is 0 Å². The molecule has 148 valence electrons. The van der Waals surface area contributed by atoms with Gasteiger partial charge in [-0.05, 0) is 30.3 Å². The second-order valence-corrected chi connectivity index (χ2v) is 8.26. The van der Waals surface area contributed by atoms with Gasteiger partial charge in [0.2, 0.25) is 10.0 Å². The Hall–Kier alpha value is -2.53. The first-order valence-corrected chi connectivity index (χ1v) is 10.0. The molecule has 0 spiro atoms. The molecule has 1 saturated heterocycles. The summed E-state index contributed by atoms with van der Waals surface area (Å²) < 4.78 is 31.7. The van der Waals surface area contributed by atoms with Crippen LogP contribution in [0.3, 0.4) is 0 Å². The van der Waals surface area contributed by atoms with Gasteiger partial charge in [0.25, 0.3) is 11.6 Å². The Morgan fingerprint density at radius 2 is 1.79 bits per heavy atom. The van der Waals surface area contributed by atoms with Gasteiger partial charge in [0.15, 0.2) is 0 Å². The topological polar surface area (TPSA) is 119 Å². The van der Waals surface area contributed by atoms with Gasteiger partial charge in [-0.15, -0.1) is 0 Å². The van der Waals surface area contributed by atoms with Crippen LogP contribution in [-0.2, 0) is 14.8 Å². The summed E-state index contributed by atoms with van der Waals surface area (Å²) in [6.07, 6.45) is 0. The molecule has 1 N–H and O–H groups in total. The van der Waals surface area contributed by atoms with Gasteiger partial charge < -0.3 is 10.1 Å². The van der Waals surface area contributed by atoms with E-state index in [4.69, 9.17) is 16.3 Å². The van der Waals surface area contributed by atoms with Crippen molar-refractivity contribution >= 4 is 38.9 Å². The van der Waals surface area contributed by atoms with Crippen molar-refractivity contribution in [2.75, 3.05) is 31.6 Å². The van der Waals surface area contributed by atoms with E-state index in [1.165, 1.54) is 40.7 Å². The molecule has 9 nitrogen and oxygen atoms in total. The Bertz CT molecular complexity index is 1000. The lowest BCUT2D eigenvalue weighted by atomic mass is 10.2. The molecule has 0 atom stereocenters. The minimum absolute atomic E-state index is 0.0688. The SMILES string of the molecule is O=C(Nc1cc([N+](=O)[O-])ccc1Cl)c1ccc(S(=O)(=O)N2CCOCC2)cc1. The fourth-order valence-corrected chi connectivity index (χ4v) is 4.20. The van der Waals surface area contributed by atoms with Crippen molar-refractivity contribution in [1.82, 2.24) is 4.31 Å². The highest BCUT2D eigenvalue weighted by atomic mass is 35.5. The summed E-state index contributed by atoms with van der Waals surface area (Å²) in [6, 6.07) is 9.11. The number of ether oxygens (including phenoxy) is 1. The Kier molecular flexibility index (Phi) is 5.94. The molecule has 0 unspecified atom stereocenters. The van der Waals surface area contributed by atoms with Gasteiger partial charge >= 0.3 is 0 Å². The van der Waals surface area contributed by atoms with E-state index in [2.05, 4.69) is 5.32 Å². The van der Waals surface area contributed by atoms with Crippen LogP contribution in [0.4, 0.5) is 11.4 Å². The molecule has 0 radical (unpaired) electrons. The highest BCUT2D eigenvalue weighted by molar-refractivity contribution is 7.89. The lowest BCUT2D eigenvalue weighted by molar-refractivity contribution is -0.384. The average Bonchev–Trinajstić information content (AvgIpc) is 2.70. The van der Waals surface area contributed by atoms with Crippen molar-refractivity contribution in [3.05, 3.63) is 63.2 Å². The predicted octanol–water partition coefficient (Wildman–Crippen LogP) is 2.52. The fraction of sp³-hybridized carbons (Fsp3) is 0.235. The number of halogens is 1. The normalized spacial score (nSPS) is 15.2. The summed E-state index contributed by atoms with van der Waals surface area (Å²) in [6.45, 7) is 1.22. The molecular weight excluding hydrogens is 410 g/mol. The number of carbonyl (C=O) groups excluding carboxylic acids is 1. The Labute approximate surface area is 166 Å². The second kappa shape index (κ2) is 8.23. The molecule has 1 amide bonds. The van der Waals surface area contributed by atoms with Gasteiger partial charge in [-0.1, -0.05) is 11.6 Å². The van der Waals surface area contributed by atoms with Crippen molar-refractivity contribution < 1.29 is 22.9 Å². The summed E-state index contributed by atoms with van der Waals surface area (Å²) in [5, 5.41) is 13.5. The zero-order valence-corrected chi connectivity index (χ0v) is 16.1. The molecular formula is C17H16ClN3O6S. The predicted molar refractivity (Wildman–Crippen MR) is 102 cm³/mol. The van der Waals surface area contributed by atoms with Crippen molar-refractivity contribution in [2.45, 2.75) is 4.90 Å². The van der Waals surface area contributed by atoms with E-state index in [9.17, 15) is 23.3 Å². The molecule has 0 bridgehead atoms. The molecule has 3 rings (SSSR count). The first kappa shape index (κ1) is 20.2. The fourth-order valence-electron chi connectivity index (χ4n) is 2.63. The molecule has 1 heterocycles. The number of benzene rings is 2. The number of nitro benzene ring substituents is 1. The summed E-state index contributed by atoms with van der Waals surface area (Å²) in [5.74, 6) is -0.572. The number of rotatable bonds is 5. The zero-order chi connectivity index (χ0) is 20.3. The monoisotopic (exact) mass is 425 g/mol. The largest absolute Gasteiger partial charge is 0.379 e. The van der Waals surface area contributed by atoms with E-state index in [1.54, 1.807) is 0 Å². The zero-order valence-electron chi connectivity index (χ0n) is 14.5. The van der Waals surface area contributed by atoms with Crippen LogP contribution < -0.4 is 5.32 Å². The van der Waals surface area contributed by atoms with Crippen molar-refractivity contribution in [2.24, 2.45) is 0 Å². The number of nitrogens with zero attached hydrogens (tertiary/aromatic N) is 2. The lowest BCUT2D eigenvalue weighted by Gasteiger charge is -2.26. The first-order chi connectivity index (χ1) is 13.3. The highest BCUT2D eigenvalue weighted by Crippen LogP contribution is 2.27. The highest BCUT2D eigenvalue weighted by Gasteiger charge is 2.26. The van der Waals surface area contributed by atoms with E-state index in [0.29, 0.717) is 13.2 Å². The first-order valence-electron chi connectivity index (χ1n) is 8.22. The van der Waals surface area contributed by atoms with Crippen LogP contribution in [0.15, 0.2) is 47.4 Å². The molecule has 0 aromatic heterocycles. The number of carbonyl (C=O) groups is 1. The quantitative estimate of drug-likeness (QED) is 0.580. The summed E-state index contributed by atoms with van der Waals surface area (Å²) in [5.41, 5.74) is 0.0565. The maximum atomic E-state index is 12.6. The third-order valence-electron chi connectivity index (χ3n) is 4.13. The van der Waals surface area contributed by atoms with Gasteiger partial charge in [-0.3, -0.25) is 14.9 Å². The maximum Gasteiger partial charge on any atom is 0.271 e. The molecule has 2 aromatic carbocycles. The van der Waals surface area contributed by atoms with Gasteiger partial charge in [-0.2, -0.15) is 4.31 Å². The van der Waals surface area contributed by atoms with Crippen molar-refractivity contribution in [3.63, 3.8) is 0 Å². The Balaban J connectivity index is 1.77. The van der Waals surface area contributed by atoms with Crippen LogP contribution in [0.1, 0.15) is 10.4 Å². The lowest BCUT2D eigenvalue weighted by Crippen LogP contribution is -2.40. The Morgan fingerprint density at radius 3 is 2.39 bits per heavy atom. The number of nitrogens with one attached hydrogen (secondary N) is 1. The van der Waals surface area contributed by atoms with Crippen LogP contribution in [0.25, 0.3) is 0 Å². The van der Waals surface area contributed by atoms with Crippen LogP contribution in [0.2, 0.25) is 5.02 Å². The van der Waals surface area contributed by atoms with Crippen molar-refractivity contribution in [1.29, 1.82) is 0 Å². The van der Waals surface area contributed by atoms with Crippen LogP contribution in [0, 0.1) is 10.1 Å². The second-order valence-electron chi connectivity index (χ2n) is 5.92. The van der Waals surface area contributed by atoms with E-state index in [0.717, 1.165) is 6.07 Å². The number of morpholine rings is 1. The maximum absolute atomic E-state index is 12.6. The van der Waals surface area contributed by atoms with E-state index in [1.807, 2.05) is 0 Å². The van der Waals surface area contributed by atoms with Gasteiger partial charge in [0, 0.05) is 30.8 Å². The van der Waals surface area contributed by atoms with Crippen LogP contribution >= 0.6 is 11.6 Å². The number of anilines is 1. The molecule has 1 aliphatic rings. The van der Waals surface area contributed by atoms with Gasteiger partial charge in [0.1, 0.15) is 0 Å². The third kappa shape index (κ3) is 4.30.